The number of carbonyl (C=O) groups is 2. The number of imidazole rings is 1. The Kier molecular flexibility index (Phi) is 8.61. The summed E-state index contributed by atoms with van der Waals surface area (Å²) < 4.78 is 59.0. The highest BCUT2D eigenvalue weighted by atomic mass is 19.4. The van der Waals surface area contributed by atoms with E-state index >= 15 is 0 Å². The van der Waals surface area contributed by atoms with Crippen LogP contribution in [-0.4, -0.2) is 27.9 Å². The summed E-state index contributed by atoms with van der Waals surface area (Å²) in [7, 11) is 0. The Balaban J connectivity index is 1.20. The number of carbonyl (C=O) groups excluding carboxylic acids is 2. The molecule has 0 spiro atoms. The molecule has 0 bridgehead atoms. The van der Waals surface area contributed by atoms with E-state index in [1.807, 2.05) is 19.2 Å². The molecule has 6 nitrogen and oxygen atoms in total. The second-order valence-electron chi connectivity index (χ2n) is 10.7. The van der Waals surface area contributed by atoms with Gasteiger partial charge >= 0.3 is 12.1 Å². The molecule has 0 aliphatic heterocycles. The van der Waals surface area contributed by atoms with E-state index in [0.29, 0.717) is 36.6 Å². The molecular weight excluding hydrogens is 550 g/mol. The van der Waals surface area contributed by atoms with E-state index in [-0.39, 0.29) is 23.8 Å². The number of amides is 1. The second kappa shape index (κ2) is 12.3. The van der Waals surface area contributed by atoms with Crippen LogP contribution in [0.1, 0.15) is 72.1 Å². The molecule has 1 amide bonds. The highest BCUT2D eigenvalue weighted by Gasteiger charge is 2.34. The molecule has 1 fully saturated rings. The van der Waals surface area contributed by atoms with Crippen LogP contribution < -0.4 is 5.32 Å². The van der Waals surface area contributed by atoms with Gasteiger partial charge in [-0.3, -0.25) is 9.59 Å². The Hall–Kier alpha value is -4.21. The average Bonchev–Trinajstić information content (AvgIpc) is 3.40. The first-order valence-electron chi connectivity index (χ1n) is 14.0. The first-order valence-corrected chi connectivity index (χ1v) is 14.0. The van der Waals surface area contributed by atoms with Crippen molar-refractivity contribution in [2.24, 2.45) is 5.92 Å². The van der Waals surface area contributed by atoms with E-state index < -0.39 is 23.5 Å². The van der Waals surface area contributed by atoms with E-state index in [1.54, 1.807) is 16.7 Å². The molecule has 1 saturated carbocycles. The summed E-state index contributed by atoms with van der Waals surface area (Å²) in [5.74, 6) is -1.17. The average molecular weight is 582 g/mol. The van der Waals surface area contributed by atoms with Gasteiger partial charge in [-0.1, -0.05) is 30.3 Å². The highest BCUT2D eigenvalue weighted by molar-refractivity contribution is 5.92. The largest absolute Gasteiger partial charge is 0.466 e. The van der Waals surface area contributed by atoms with Gasteiger partial charge in [0.1, 0.15) is 17.2 Å². The number of nitrogens with zero attached hydrogens (tertiary/aromatic N) is 2. The minimum Gasteiger partial charge on any atom is -0.466 e. The summed E-state index contributed by atoms with van der Waals surface area (Å²) in [4.78, 5) is 28.8. The number of aromatic nitrogens is 2. The quantitative estimate of drug-likeness (QED) is 0.175. The van der Waals surface area contributed by atoms with Gasteiger partial charge in [0.2, 0.25) is 0 Å². The third kappa shape index (κ3) is 6.80. The SMILES string of the molecule is CCOC(=O)C[C@H]1CC[C@H](c2ccc(-c3ccc4nc(C(=O)NCc5ccc(C(F)(F)F)c(F)c5)cn4c3)cc2)CC1. The lowest BCUT2D eigenvalue weighted by Crippen LogP contribution is -2.23. The van der Waals surface area contributed by atoms with Crippen LogP contribution in [0.15, 0.2) is 67.0 Å². The van der Waals surface area contributed by atoms with Crippen LogP contribution in [0.4, 0.5) is 17.6 Å². The molecule has 1 N–H and O–H groups in total. The van der Waals surface area contributed by atoms with E-state index in [9.17, 15) is 27.2 Å². The van der Waals surface area contributed by atoms with Crippen molar-refractivity contribution in [2.45, 2.75) is 57.7 Å². The van der Waals surface area contributed by atoms with Crippen molar-refractivity contribution in [3.63, 3.8) is 0 Å². The Bertz CT molecular complexity index is 1570. The molecule has 4 aromatic rings. The van der Waals surface area contributed by atoms with Crippen molar-refractivity contribution in [1.29, 1.82) is 0 Å². The first-order chi connectivity index (χ1) is 20.1. The number of hydrogen-bond acceptors (Lipinski definition) is 4. The van der Waals surface area contributed by atoms with Crippen molar-refractivity contribution in [1.82, 2.24) is 14.7 Å². The molecule has 42 heavy (non-hydrogen) atoms. The zero-order valence-electron chi connectivity index (χ0n) is 23.1. The zero-order valence-corrected chi connectivity index (χ0v) is 23.1. The molecule has 0 unspecified atom stereocenters. The maximum Gasteiger partial charge on any atom is 0.419 e. The lowest BCUT2D eigenvalue weighted by molar-refractivity contribution is -0.144. The van der Waals surface area contributed by atoms with Crippen molar-refractivity contribution >= 4 is 17.5 Å². The minimum atomic E-state index is -4.78. The highest BCUT2D eigenvalue weighted by Crippen LogP contribution is 2.38. The molecular formula is C32H31F4N3O3. The summed E-state index contributed by atoms with van der Waals surface area (Å²) in [6.07, 6.45) is 3.28. The fourth-order valence-electron chi connectivity index (χ4n) is 5.55. The molecule has 10 heteroatoms. The van der Waals surface area contributed by atoms with Crippen LogP contribution in [0.5, 0.6) is 0 Å². The van der Waals surface area contributed by atoms with Crippen LogP contribution in [-0.2, 0) is 22.3 Å². The van der Waals surface area contributed by atoms with Crippen LogP contribution in [0, 0.1) is 11.7 Å². The summed E-state index contributed by atoms with van der Waals surface area (Å²) >= 11 is 0. The number of alkyl halides is 3. The summed E-state index contributed by atoms with van der Waals surface area (Å²) in [6, 6.07) is 14.7. The number of nitrogens with one attached hydrogen (secondary N) is 1. The topological polar surface area (TPSA) is 72.7 Å². The van der Waals surface area contributed by atoms with Crippen LogP contribution in [0.3, 0.4) is 0 Å². The molecule has 0 saturated heterocycles. The lowest BCUT2D eigenvalue weighted by Gasteiger charge is -2.28. The van der Waals surface area contributed by atoms with Gasteiger partial charge in [0.25, 0.3) is 5.91 Å². The molecule has 5 rings (SSSR count). The molecule has 220 valence electrons. The minimum absolute atomic E-state index is 0.109. The summed E-state index contributed by atoms with van der Waals surface area (Å²) in [5, 5.41) is 2.58. The van der Waals surface area contributed by atoms with Gasteiger partial charge < -0.3 is 14.5 Å². The van der Waals surface area contributed by atoms with E-state index in [4.69, 9.17) is 4.74 Å². The number of pyridine rings is 1. The summed E-state index contributed by atoms with van der Waals surface area (Å²) in [5.41, 5.74) is 2.78. The fourth-order valence-corrected chi connectivity index (χ4v) is 5.55. The van der Waals surface area contributed by atoms with E-state index in [1.165, 1.54) is 5.56 Å². The Morgan fingerprint density at radius 3 is 2.36 bits per heavy atom. The monoisotopic (exact) mass is 581 g/mol. The number of esters is 1. The maximum absolute atomic E-state index is 13.8. The number of benzene rings is 2. The molecule has 2 heterocycles. The van der Waals surface area contributed by atoms with Crippen LogP contribution in [0.25, 0.3) is 16.8 Å². The number of halogens is 4. The fraction of sp³-hybridized carbons (Fsp3) is 0.344. The third-order valence-corrected chi connectivity index (χ3v) is 7.80. The summed E-state index contributed by atoms with van der Waals surface area (Å²) in [6.45, 7) is 2.10. The molecule has 1 aliphatic carbocycles. The first kappa shape index (κ1) is 29.3. The predicted octanol–water partition coefficient (Wildman–Crippen LogP) is 7.32. The number of fused-ring (bicyclic) bond motifs is 1. The maximum atomic E-state index is 13.8. The Morgan fingerprint density at radius 1 is 0.976 bits per heavy atom. The number of hydrogen-bond donors (Lipinski definition) is 1. The zero-order chi connectivity index (χ0) is 29.9. The standard InChI is InChI=1S/C32H31F4N3O3/c1-2-42-30(40)16-20-3-6-22(7-4-20)23-8-10-24(11-9-23)25-12-14-29-38-28(19-39(29)18-25)31(41)37-17-21-5-13-26(27(33)15-21)32(34,35)36/h5,8-15,18-20,22H,2-4,6-7,16-17H2,1H3,(H,37,41)/t20-,22-. The lowest BCUT2D eigenvalue weighted by atomic mass is 9.77. The van der Waals surface area contributed by atoms with Crippen molar-refractivity contribution < 1.29 is 31.9 Å². The van der Waals surface area contributed by atoms with E-state index in [2.05, 4.69) is 34.6 Å². The van der Waals surface area contributed by atoms with Gasteiger partial charge in [-0.15, -0.1) is 0 Å². The van der Waals surface area contributed by atoms with Crippen molar-refractivity contribution in [2.75, 3.05) is 6.61 Å². The number of ether oxygens (including phenoxy) is 1. The normalized spacial score (nSPS) is 17.3. The van der Waals surface area contributed by atoms with Gasteiger partial charge in [-0.2, -0.15) is 13.2 Å². The van der Waals surface area contributed by atoms with Crippen molar-refractivity contribution in [3.8, 4) is 11.1 Å². The van der Waals surface area contributed by atoms with Gasteiger partial charge in [0.05, 0.1) is 12.2 Å². The molecule has 1 aliphatic rings. The third-order valence-electron chi connectivity index (χ3n) is 7.80. The van der Waals surface area contributed by atoms with E-state index in [0.717, 1.165) is 48.9 Å². The van der Waals surface area contributed by atoms with Gasteiger partial charge in [0, 0.05) is 25.4 Å². The molecule has 0 atom stereocenters. The smallest absolute Gasteiger partial charge is 0.419 e. The second-order valence-corrected chi connectivity index (χ2v) is 10.7. The van der Waals surface area contributed by atoms with Gasteiger partial charge in [-0.25, -0.2) is 9.37 Å². The molecule has 2 aromatic carbocycles. The predicted molar refractivity (Wildman–Crippen MR) is 149 cm³/mol. The van der Waals surface area contributed by atoms with Crippen LogP contribution >= 0.6 is 0 Å². The van der Waals surface area contributed by atoms with Crippen molar-refractivity contribution in [3.05, 3.63) is 95.2 Å². The van der Waals surface area contributed by atoms with Gasteiger partial charge in [0.15, 0.2) is 0 Å². The molecule has 2 aromatic heterocycles. The Morgan fingerprint density at radius 2 is 1.69 bits per heavy atom. The molecule has 0 radical (unpaired) electrons. The number of rotatable bonds is 8. The van der Waals surface area contributed by atoms with Crippen LogP contribution in [0.2, 0.25) is 0 Å². The Labute approximate surface area is 240 Å². The van der Waals surface area contributed by atoms with Gasteiger partial charge in [-0.05, 0) is 91.0 Å².